The first kappa shape index (κ1) is 327. The second kappa shape index (κ2) is 227. The molecule has 58 valence electrons. The van der Waals surface area contributed by atoms with E-state index in [-0.39, 0.29) is 90.6 Å². The zero-order valence-corrected chi connectivity index (χ0v) is 2.45. The van der Waals surface area contributed by atoms with Gasteiger partial charge in [0, 0.05) is 0 Å². The zero-order valence-electron chi connectivity index (χ0n) is 2.45. The van der Waals surface area contributed by atoms with Crippen molar-refractivity contribution in [2.75, 3.05) is 0 Å². The molecule has 0 heterocycles. The molecular formula is H11F6KSi. The first-order valence-electron chi connectivity index (χ1n) is 0. The van der Waals surface area contributed by atoms with Gasteiger partial charge >= 0.3 is 51.4 Å². The van der Waals surface area contributed by atoms with Crippen molar-refractivity contribution in [3.8, 4) is 0 Å². The minimum Gasteiger partial charge on any atom is -0.0149 e. The van der Waals surface area contributed by atoms with E-state index < -0.39 is 0 Å². The van der Waals surface area contributed by atoms with Gasteiger partial charge in [-0.15, -0.1) is 0 Å². The van der Waals surface area contributed by atoms with E-state index in [1.54, 1.807) is 0 Å². The summed E-state index contributed by atoms with van der Waals surface area (Å²) < 4.78 is 0. The van der Waals surface area contributed by atoms with E-state index in [9.17, 15) is 0 Å². The molecule has 0 saturated heterocycles. The molecule has 8 heteroatoms. The molecule has 0 atom stereocenters. The molecular weight excluding hydrogens is 181 g/mol. The van der Waals surface area contributed by atoms with Crippen molar-refractivity contribution >= 4 is 62.3 Å². The fourth-order valence-corrected chi connectivity index (χ4v) is 0. The van der Waals surface area contributed by atoms with Gasteiger partial charge in [0.05, 0.1) is 0 Å². The molecule has 0 aromatic rings. The molecule has 0 aromatic heterocycles. The Morgan fingerprint density at radius 3 is 0.375 bits per heavy atom. The molecule has 0 aliphatic carbocycles. The van der Waals surface area contributed by atoms with Crippen LogP contribution in [-0.4, -0.2) is 62.3 Å². The Morgan fingerprint density at radius 2 is 0.375 bits per heavy atom. The Kier molecular flexibility index (Phi) is 9260. The Labute approximate surface area is 89.4 Å². The Bertz CT molecular complexity index is 8.49. The van der Waals surface area contributed by atoms with Crippen LogP contribution in [0.25, 0.3) is 0 Å². The van der Waals surface area contributed by atoms with Gasteiger partial charge in [0.15, 0.2) is 0 Å². The van der Waals surface area contributed by atoms with Crippen molar-refractivity contribution in [3.05, 3.63) is 0 Å². The molecule has 0 fully saturated rings. The summed E-state index contributed by atoms with van der Waals surface area (Å²) in [5.74, 6) is 0. The SMILES string of the molecule is F.F.F.F.F.F.[KH].[SiH4]. The minimum atomic E-state index is 0. The fourth-order valence-electron chi connectivity index (χ4n) is 0. The molecule has 0 amide bonds. The second-order valence-electron chi connectivity index (χ2n) is 0. The molecule has 0 aromatic carbocycles. The zero-order chi connectivity index (χ0) is 0. The predicted octanol–water partition coefficient (Wildman–Crippen LogP) is -1.19. The average Bonchev–Trinajstić information content (AvgIpc) is 0. The van der Waals surface area contributed by atoms with Crippen LogP contribution in [0.1, 0.15) is 0 Å². The van der Waals surface area contributed by atoms with Crippen LogP contribution in [0, 0.1) is 0 Å². The Hall–Kier alpha value is 1.43. The van der Waals surface area contributed by atoms with Crippen LogP contribution in [0.15, 0.2) is 0 Å². The third-order valence-electron chi connectivity index (χ3n) is 0. The molecule has 0 bridgehead atoms. The standard InChI is InChI=1S/6FH.K.H4Si.H/h6*1H;;1H4;. The molecule has 0 nitrogen and oxygen atoms in total. The molecule has 0 unspecified atom stereocenters. The average molecular weight is 192 g/mol. The summed E-state index contributed by atoms with van der Waals surface area (Å²) in [6, 6.07) is 0. The van der Waals surface area contributed by atoms with Gasteiger partial charge in [0.2, 0.25) is 0 Å². The molecule has 0 spiro atoms. The summed E-state index contributed by atoms with van der Waals surface area (Å²) in [5, 5.41) is 0. The van der Waals surface area contributed by atoms with Gasteiger partial charge in [0.1, 0.15) is 0 Å². The van der Waals surface area contributed by atoms with E-state index in [0.29, 0.717) is 0 Å². The summed E-state index contributed by atoms with van der Waals surface area (Å²) in [6.07, 6.45) is 0. The van der Waals surface area contributed by atoms with E-state index in [4.69, 9.17) is 0 Å². The summed E-state index contributed by atoms with van der Waals surface area (Å²) >= 11 is 0. The second-order valence-corrected chi connectivity index (χ2v) is 0. The maximum Gasteiger partial charge on any atom is -0.0149 e. The monoisotopic (exact) mass is 192 g/mol. The third kappa shape index (κ3) is 150. The summed E-state index contributed by atoms with van der Waals surface area (Å²) in [5.41, 5.74) is 0. The first-order chi connectivity index (χ1) is 0. The number of rotatable bonds is 0. The molecule has 0 rings (SSSR count). The van der Waals surface area contributed by atoms with Crippen LogP contribution in [0.3, 0.4) is 0 Å². The van der Waals surface area contributed by atoms with Crippen molar-refractivity contribution in [1.29, 1.82) is 0 Å². The number of hydrogen-bond acceptors (Lipinski definition) is 0. The van der Waals surface area contributed by atoms with E-state index in [0.717, 1.165) is 0 Å². The van der Waals surface area contributed by atoms with Crippen LogP contribution < -0.4 is 0 Å². The number of halogens is 6. The van der Waals surface area contributed by atoms with Gasteiger partial charge in [-0.3, -0.25) is 28.2 Å². The van der Waals surface area contributed by atoms with Crippen molar-refractivity contribution in [3.63, 3.8) is 0 Å². The topological polar surface area (TPSA) is 0 Å². The van der Waals surface area contributed by atoms with Crippen molar-refractivity contribution in [1.82, 2.24) is 0 Å². The number of hydrogen-bond donors (Lipinski definition) is 0. The van der Waals surface area contributed by atoms with E-state index in [2.05, 4.69) is 0 Å². The fraction of sp³-hybridized carbons (Fsp3) is 0. The minimum absolute atomic E-state index is 0. The quantitative estimate of drug-likeness (QED) is 0.335. The van der Waals surface area contributed by atoms with Gasteiger partial charge in [-0.05, 0) is 11.0 Å². The van der Waals surface area contributed by atoms with Crippen molar-refractivity contribution in [2.45, 2.75) is 0 Å². The van der Waals surface area contributed by atoms with Crippen molar-refractivity contribution in [2.24, 2.45) is 0 Å². The largest absolute Gasteiger partial charge is 0.0149 e. The summed E-state index contributed by atoms with van der Waals surface area (Å²) in [7, 11) is 0. The van der Waals surface area contributed by atoms with Crippen LogP contribution in [0.2, 0.25) is 0 Å². The molecule has 0 aliphatic rings. The van der Waals surface area contributed by atoms with Crippen LogP contribution in [0.5, 0.6) is 0 Å². The first-order valence-corrected chi connectivity index (χ1v) is 0. The van der Waals surface area contributed by atoms with Gasteiger partial charge in [0.25, 0.3) is 0 Å². The molecule has 0 radical (unpaired) electrons. The Balaban J connectivity index is 0. The molecule has 0 saturated carbocycles. The van der Waals surface area contributed by atoms with Crippen LogP contribution >= 0.6 is 0 Å². The van der Waals surface area contributed by atoms with E-state index in [1.165, 1.54) is 0 Å². The van der Waals surface area contributed by atoms with E-state index >= 15 is 0 Å². The van der Waals surface area contributed by atoms with Gasteiger partial charge < -0.3 is 0 Å². The van der Waals surface area contributed by atoms with Crippen LogP contribution in [-0.2, 0) is 0 Å². The molecule has 0 aliphatic heterocycles. The summed E-state index contributed by atoms with van der Waals surface area (Å²) in [4.78, 5) is 0. The van der Waals surface area contributed by atoms with Gasteiger partial charge in [-0.1, -0.05) is 0 Å². The van der Waals surface area contributed by atoms with Crippen LogP contribution in [0.4, 0.5) is 28.2 Å². The molecule has 8 heavy (non-hydrogen) atoms. The van der Waals surface area contributed by atoms with E-state index in [1.807, 2.05) is 0 Å². The summed E-state index contributed by atoms with van der Waals surface area (Å²) in [6.45, 7) is 0. The molecule has 0 N–H and O–H groups in total. The normalized spacial score (nSPS) is 0. The smallest absolute Gasteiger partial charge is 0.0149 e. The Morgan fingerprint density at radius 1 is 0.375 bits per heavy atom. The maximum atomic E-state index is 0. The predicted molar refractivity (Wildman–Crippen MR) is 33.5 cm³/mol. The van der Waals surface area contributed by atoms with Gasteiger partial charge in [-0.2, -0.15) is 0 Å². The maximum absolute atomic E-state index is 0. The third-order valence-corrected chi connectivity index (χ3v) is 0. The van der Waals surface area contributed by atoms with Crippen molar-refractivity contribution < 1.29 is 28.2 Å². The van der Waals surface area contributed by atoms with Gasteiger partial charge in [-0.25, -0.2) is 0 Å².